The van der Waals surface area contributed by atoms with Crippen molar-refractivity contribution in [3.05, 3.63) is 23.9 Å². The van der Waals surface area contributed by atoms with Crippen molar-refractivity contribution in [2.24, 2.45) is 5.73 Å². The minimum atomic E-state index is 0.406. The van der Waals surface area contributed by atoms with Gasteiger partial charge in [0.15, 0.2) is 0 Å². The Morgan fingerprint density at radius 3 is 3.00 bits per heavy atom. The van der Waals surface area contributed by atoms with E-state index in [1.54, 1.807) is 0 Å². The lowest BCUT2D eigenvalue weighted by Crippen LogP contribution is -2.53. The molecule has 0 aromatic carbocycles. The van der Waals surface area contributed by atoms with Gasteiger partial charge in [0, 0.05) is 19.3 Å². The highest BCUT2D eigenvalue weighted by Gasteiger charge is 2.34. The van der Waals surface area contributed by atoms with Crippen LogP contribution in [0.25, 0.3) is 0 Å². The zero-order chi connectivity index (χ0) is 12.4. The summed E-state index contributed by atoms with van der Waals surface area (Å²) in [5.41, 5.74) is 6.70. The largest absolute Gasteiger partial charge is 0.374 e. The van der Waals surface area contributed by atoms with Gasteiger partial charge in [0.1, 0.15) is 5.82 Å². The molecule has 0 spiro atoms. The molecule has 18 heavy (non-hydrogen) atoms. The second kappa shape index (κ2) is 5.24. The smallest absolute Gasteiger partial charge is 0.128 e. The van der Waals surface area contributed by atoms with Crippen molar-refractivity contribution in [1.29, 1.82) is 0 Å². The van der Waals surface area contributed by atoms with Gasteiger partial charge in [-0.1, -0.05) is 18.9 Å². The number of ether oxygens (including phenoxy) is 1. The maximum absolute atomic E-state index is 5.89. The Labute approximate surface area is 108 Å². The summed E-state index contributed by atoms with van der Waals surface area (Å²) in [6, 6.07) is 4.69. The molecule has 1 aliphatic heterocycles. The summed E-state index contributed by atoms with van der Waals surface area (Å²) < 4.78 is 5.89. The number of hydrogen-bond acceptors (Lipinski definition) is 4. The van der Waals surface area contributed by atoms with Crippen LogP contribution in [0.4, 0.5) is 5.82 Å². The maximum Gasteiger partial charge on any atom is 0.128 e. The lowest BCUT2D eigenvalue weighted by atomic mass is 9.90. The van der Waals surface area contributed by atoms with E-state index in [0.717, 1.165) is 24.5 Å². The SMILES string of the molecule is NCc1ccc(N2CCOC3CCCCC32)nc1. The monoisotopic (exact) mass is 247 g/mol. The topological polar surface area (TPSA) is 51.4 Å². The zero-order valence-corrected chi connectivity index (χ0v) is 10.7. The first-order chi connectivity index (χ1) is 8.88. The van der Waals surface area contributed by atoms with E-state index in [0.29, 0.717) is 18.7 Å². The van der Waals surface area contributed by atoms with Gasteiger partial charge in [-0.25, -0.2) is 4.98 Å². The number of fused-ring (bicyclic) bond motifs is 1. The van der Waals surface area contributed by atoms with Crippen LogP contribution in [-0.2, 0) is 11.3 Å². The number of rotatable bonds is 2. The van der Waals surface area contributed by atoms with E-state index in [1.165, 1.54) is 25.7 Å². The number of hydrogen-bond donors (Lipinski definition) is 1. The van der Waals surface area contributed by atoms with Crippen molar-refractivity contribution in [3.8, 4) is 0 Å². The van der Waals surface area contributed by atoms with Gasteiger partial charge in [0.2, 0.25) is 0 Å². The van der Waals surface area contributed by atoms with Gasteiger partial charge in [-0.3, -0.25) is 0 Å². The summed E-state index contributed by atoms with van der Waals surface area (Å²) in [6.07, 6.45) is 7.33. The van der Waals surface area contributed by atoms with Crippen LogP contribution in [0.1, 0.15) is 31.2 Å². The van der Waals surface area contributed by atoms with Crippen molar-refractivity contribution in [2.75, 3.05) is 18.1 Å². The Kier molecular flexibility index (Phi) is 3.48. The molecule has 0 radical (unpaired) electrons. The third-order valence-electron chi connectivity index (χ3n) is 4.07. The fraction of sp³-hybridized carbons (Fsp3) is 0.643. The fourth-order valence-corrected chi connectivity index (χ4v) is 3.09. The molecule has 4 heteroatoms. The number of morpholine rings is 1. The van der Waals surface area contributed by atoms with Crippen molar-refractivity contribution in [1.82, 2.24) is 4.98 Å². The number of aromatic nitrogens is 1. The molecule has 2 atom stereocenters. The van der Waals surface area contributed by atoms with Crippen LogP contribution in [0, 0.1) is 0 Å². The molecule has 2 fully saturated rings. The minimum Gasteiger partial charge on any atom is -0.374 e. The molecule has 2 aliphatic rings. The van der Waals surface area contributed by atoms with Gasteiger partial charge < -0.3 is 15.4 Å². The molecule has 3 rings (SSSR count). The van der Waals surface area contributed by atoms with Crippen molar-refractivity contribution in [3.63, 3.8) is 0 Å². The van der Waals surface area contributed by atoms with Gasteiger partial charge in [-0.15, -0.1) is 0 Å². The van der Waals surface area contributed by atoms with Crippen LogP contribution in [-0.4, -0.2) is 30.3 Å². The summed E-state index contributed by atoms with van der Waals surface area (Å²) in [7, 11) is 0. The zero-order valence-electron chi connectivity index (χ0n) is 10.7. The number of nitrogens with two attached hydrogens (primary N) is 1. The summed E-state index contributed by atoms with van der Waals surface area (Å²) in [5.74, 6) is 1.08. The summed E-state index contributed by atoms with van der Waals surface area (Å²) in [5, 5.41) is 0. The Balaban J connectivity index is 1.80. The van der Waals surface area contributed by atoms with Crippen LogP contribution in [0.5, 0.6) is 0 Å². The van der Waals surface area contributed by atoms with Gasteiger partial charge in [0.05, 0.1) is 18.8 Å². The van der Waals surface area contributed by atoms with Crippen LogP contribution < -0.4 is 10.6 Å². The molecule has 2 unspecified atom stereocenters. The predicted octanol–water partition coefficient (Wildman–Crippen LogP) is 1.69. The van der Waals surface area contributed by atoms with Crippen LogP contribution in [0.3, 0.4) is 0 Å². The van der Waals surface area contributed by atoms with Crippen LogP contribution in [0.2, 0.25) is 0 Å². The standard InChI is InChI=1S/C14H21N3O/c15-9-11-5-6-14(16-10-11)17-7-8-18-13-4-2-1-3-12(13)17/h5-6,10,12-13H,1-4,7-9,15H2. The second-order valence-corrected chi connectivity index (χ2v) is 5.18. The van der Waals surface area contributed by atoms with Gasteiger partial charge in [-0.05, 0) is 24.5 Å². The number of pyridine rings is 1. The lowest BCUT2D eigenvalue weighted by molar-refractivity contribution is -0.00898. The van der Waals surface area contributed by atoms with Crippen molar-refractivity contribution >= 4 is 5.82 Å². The van der Waals surface area contributed by atoms with Gasteiger partial charge >= 0.3 is 0 Å². The first-order valence-corrected chi connectivity index (χ1v) is 6.92. The molecule has 2 heterocycles. The first-order valence-electron chi connectivity index (χ1n) is 6.92. The molecule has 4 nitrogen and oxygen atoms in total. The Hall–Kier alpha value is -1.13. The quantitative estimate of drug-likeness (QED) is 0.864. The second-order valence-electron chi connectivity index (χ2n) is 5.18. The molecule has 0 bridgehead atoms. The minimum absolute atomic E-state index is 0.406. The third-order valence-corrected chi connectivity index (χ3v) is 4.07. The van der Waals surface area contributed by atoms with Gasteiger partial charge in [0.25, 0.3) is 0 Å². The Bertz CT molecular complexity index is 391. The van der Waals surface area contributed by atoms with Crippen molar-refractivity contribution < 1.29 is 4.74 Å². The number of nitrogens with zero attached hydrogens (tertiary/aromatic N) is 2. The molecule has 98 valence electrons. The summed E-state index contributed by atoms with van der Waals surface area (Å²) >= 11 is 0. The fourth-order valence-electron chi connectivity index (χ4n) is 3.09. The van der Waals surface area contributed by atoms with Gasteiger partial charge in [-0.2, -0.15) is 0 Å². The Morgan fingerprint density at radius 2 is 2.22 bits per heavy atom. The van der Waals surface area contributed by atoms with E-state index in [1.807, 2.05) is 6.20 Å². The molecule has 1 saturated carbocycles. The highest BCUT2D eigenvalue weighted by molar-refractivity contribution is 5.41. The Morgan fingerprint density at radius 1 is 1.33 bits per heavy atom. The molecule has 1 aliphatic carbocycles. The van der Waals surface area contributed by atoms with E-state index in [9.17, 15) is 0 Å². The van der Waals surface area contributed by atoms with E-state index in [-0.39, 0.29) is 0 Å². The van der Waals surface area contributed by atoms with Crippen LogP contribution in [0.15, 0.2) is 18.3 Å². The van der Waals surface area contributed by atoms with E-state index in [2.05, 4.69) is 22.0 Å². The molecular weight excluding hydrogens is 226 g/mol. The average Bonchev–Trinajstić information content (AvgIpc) is 2.47. The lowest BCUT2D eigenvalue weighted by Gasteiger charge is -2.44. The van der Waals surface area contributed by atoms with E-state index < -0.39 is 0 Å². The first kappa shape index (κ1) is 11.9. The average molecular weight is 247 g/mol. The molecular formula is C14H21N3O. The normalized spacial score (nSPS) is 27.9. The summed E-state index contributed by atoms with van der Waals surface area (Å²) in [6.45, 7) is 2.33. The number of anilines is 1. The molecule has 1 aromatic heterocycles. The molecule has 1 aromatic rings. The third kappa shape index (κ3) is 2.22. The van der Waals surface area contributed by atoms with Crippen LogP contribution >= 0.6 is 0 Å². The highest BCUT2D eigenvalue weighted by Crippen LogP contribution is 2.31. The summed E-state index contributed by atoms with van der Waals surface area (Å²) in [4.78, 5) is 6.98. The molecule has 2 N–H and O–H groups in total. The molecule has 0 amide bonds. The maximum atomic E-state index is 5.89. The molecule has 1 saturated heterocycles. The van der Waals surface area contributed by atoms with E-state index in [4.69, 9.17) is 10.5 Å². The van der Waals surface area contributed by atoms with E-state index >= 15 is 0 Å². The van der Waals surface area contributed by atoms with Crippen molar-refractivity contribution in [2.45, 2.75) is 44.4 Å². The highest BCUT2D eigenvalue weighted by atomic mass is 16.5. The predicted molar refractivity (Wildman–Crippen MR) is 71.5 cm³/mol.